The molecule has 0 amide bonds. The molecule has 0 radical (unpaired) electrons. The molecule has 0 spiro atoms. The number of hydrogen-bond donors (Lipinski definition) is 3. The van der Waals surface area contributed by atoms with E-state index in [-0.39, 0.29) is 13.2 Å². The molecule has 29 heavy (non-hydrogen) atoms. The van der Waals surface area contributed by atoms with E-state index in [9.17, 15) is 15.3 Å². The normalized spacial score (nSPS) is 12.4. The standard InChI is InChI=1S/C24H34O4S/c1-4-18(8-7-13-24(27,5-2)6-3)23-12-11-22(29-23)17-28-21-10-9-19(15-25)20(14-21)16-26/h8-12,14,25-27H,4-7,13,15-17H2,1-3H3/b18-8+. The summed E-state index contributed by atoms with van der Waals surface area (Å²) >= 11 is 1.73. The summed E-state index contributed by atoms with van der Waals surface area (Å²) in [6.45, 7) is 6.50. The van der Waals surface area contributed by atoms with Crippen LogP contribution in [0.5, 0.6) is 5.75 Å². The van der Waals surface area contributed by atoms with Crippen LogP contribution >= 0.6 is 11.3 Å². The van der Waals surface area contributed by atoms with Gasteiger partial charge in [-0.2, -0.15) is 0 Å². The second kappa shape index (κ2) is 11.5. The topological polar surface area (TPSA) is 69.9 Å². The van der Waals surface area contributed by atoms with Gasteiger partial charge in [0.2, 0.25) is 0 Å². The van der Waals surface area contributed by atoms with Crippen LogP contribution in [0, 0.1) is 0 Å². The molecule has 0 bridgehead atoms. The number of benzene rings is 1. The highest BCUT2D eigenvalue weighted by molar-refractivity contribution is 7.13. The molecule has 0 aliphatic heterocycles. The molecule has 4 nitrogen and oxygen atoms in total. The summed E-state index contributed by atoms with van der Waals surface area (Å²) in [4.78, 5) is 2.38. The minimum absolute atomic E-state index is 0.0928. The van der Waals surface area contributed by atoms with Gasteiger partial charge in [0.1, 0.15) is 12.4 Å². The molecule has 0 saturated heterocycles. The summed E-state index contributed by atoms with van der Waals surface area (Å²) in [7, 11) is 0. The van der Waals surface area contributed by atoms with Crippen LogP contribution in [0.4, 0.5) is 0 Å². The van der Waals surface area contributed by atoms with Crippen molar-refractivity contribution in [3.05, 3.63) is 57.3 Å². The smallest absolute Gasteiger partial charge is 0.122 e. The minimum Gasteiger partial charge on any atom is -0.488 e. The molecule has 0 fully saturated rings. The van der Waals surface area contributed by atoms with E-state index in [1.807, 2.05) is 19.9 Å². The first-order valence-electron chi connectivity index (χ1n) is 10.4. The monoisotopic (exact) mass is 418 g/mol. The Bertz CT molecular complexity index is 790. The Kier molecular flexibility index (Phi) is 9.37. The summed E-state index contributed by atoms with van der Waals surface area (Å²) in [6.07, 6.45) is 6.47. The van der Waals surface area contributed by atoms with Crippen LogP contribution in [-0.4, -0.2) is 20.9 Å². The molecule has 5 heteroatoms. The van der Waals surface area contributed by atoms with E-state index < -0.39 is 5.60 Å². The van der Waals surface area contributed by atoms with Crippen molar-refractivity contribution in [2.75, 3.05) is 0 Å². The van der Waals surface area contributed by atoms with E-state index in [0.29, 0.717) is 23.5 Å². The maximum atomic E-state index is 10.5. The van der Waals surface area contributed by atoms with Crippen LogP contribution < -0.4 is 4.74 Å². The molecular weight excluding hydrogens is 384 g/mol. The van der Waals surface area contributed by atoms with Crippen LogP contribution in [-0.2, 0) is 19.8 Å². The fourth-order valence-corrected chi connectivity index (χ4v) is 4.35. The zero-order valence-corrected chi connectivity index (χ0v) is 18.6. The summed E-state index contributed by atoms with van der Waals surface area (Å²) in [5, 5.41) is 29.2. The van der Waals surface area contributed by atoms with Gasteiger partial charge in [-0.05, 0) is 73.1 Å². The van der Waals surface area contributed by atoms with Crippen LogP contribution in [0.25, 0.3) is 5.57 Å². The van der Waals surface area contributed by atoms with Gasteiger partial charge in [-0.3, -0.25) is 0 Å². The van der Waals surface area contributed by atoms with Crippen molar-refractivity contribution in [1.82, 2.24) is 0 Å². The van der Waals surface area contributed by atoms with E-state index in [0.717, 1.165) is 37.0 Å². The van der Waals surface area contributed by atoms with Crippen molar-refractivity contribution in [2.24, 2.45) is 0 Å². The predicted molar refractivity (Wildman–Crippen MR) is 120 cm³/mol. The largest absolute Gasteiger partial charge is 0.488 e. The third kappa shape index (κ3) is 6.68. The lowest BCUT2D eigenvalue weighted by atomic mass is 9.91. The van der Waals surface area contributed by atoms with E-state index in [2.05, 4.69) is 25.1 Å². The summed E-state index contributed by atoms with van der Waals surface area (Å²) in [5.74, 6) is 0.686. The number of aliphatic hydroxyl groups is 3. The van der Waals surface area contributed by atoms with Crippen LogP contribution in [0.15, 0.2) is 36.4 Å². The molecule has 0 unspecified atom stereocenters. The van der Waals surface area contributed by atoms with Crippen LogP contribution in [0.1, 0.15) is 73.8 Å². The highest BCUT2D eigenvalue weighted by Gasteiger charge is 2.20. The summed E-state index contributed by atoms with van der Waals surface area (Å²) in [6, 6.07) is 9.61. The molecule has 2 aromatic rings. The summed E-state index contributed by atoms with van der Waals surface area (Å²) < 4.78 is 5.88. The fourth-order valence-electron chi connectivity index (χ4n) is 3.31. The van der Waals surface area contributed by atoms with Gasteiger partial charge in [-0.15, -0.1) is 11.3 Å². The molecule has 1 heterocycles. The quantitative estimate of drug-likeness (QED) is 0.429. The van der Waals surface area contributed by atoms with Gasteiger partial charge >= 0.3 is 0 Å². The molecule has 160 valence electrons. The Labute approximate surface area is 178 Å². The highest BCUT2D eigenvalue weighted by atomic mass is 32.1. The number of thiophene rings is 1. The molecule has 0 saturated carbocycles. The Morgan fingerprint density at radius 3 is 2.38 bits per heavy atom. The molecule has 0 aliphatic carbocycles. The molecule has 0 atom stereocenters. The molecule has 3 N–H and O–H groups in total. The first-order valence-corrected chi connectivity index (χ1v) is 11.3. The van der Waals surface area contributed by atoms with Gasteiger partial charge in [0.15, 0.2) is 0 Å². The maximum absolute atomic E-state index is 10.5. The van der Waals surface area contributed by atoms with Gasteiger partial charge in [0.05, 0.1) is 18.8 Å². The Morgan fingerprint density at radius 1 is 1.03 bits per heavy atom. The van der Waals surface area contributed by atoms with Gasteiger partial charge in [-0.1, -0.05) is 32.9 Å². The van der Waals surface area contributed by atoms with Gasteiger partial charge < -0.3 is 20.1 Å². The Morgan fingerprint density at radius 2 is 1.76 bits per heavy atom. The fraction of sp³-hybridized carbons (Fsp3) is 0.500. The van der Waals surface area contributed by atoms with Gasteiger partial charge in [0, 0.05) is 9.75 Å². The van der Waals surface area contributed by atoms with Gasteiger partial charge in [0.25, 0.3) is 0 Å². The second-order valence-corrected chi connectivity index (χ2v) is 8.52. The SMILES string of the molecule is CC/C(=C\CCC(O)(CC)CC)c1ccc(COc2ccc(CO)c(CO)c2)s1. The predicted octanol–water partition coefficient (Wildman–Crippen LogP) is 5.44. The van der Waals surface area contributed by atoms with Crippen molar-refractivity contribution in [2.45, 2.75) is 78.3 Å². The van der Waals surface area contributed by atoms with Crippen molar-refractivity contribution in [3.63, 3.8) is 0 Å². The third-order valence-corrected chi connectivity index (χ3v) is 6.71. The number of hydrogen-bond acceptors (Lipinski definition) is 5. The lowest BCUT2D eigenvalue weighted by Gasteiger charge is -2.24. The molecule has 1 aromatic heterocycles. The second-order valence-electron chi connectivity index (χ2n) is 7.35. The first kappa shape index (κ1) is 23.6. The van der Waals surface area contributed by atoms with E-state index in [1.54, 1.807) is 23.5 Å². The average molecular weight is 419 g/mol. The van der Waals surface area contributed by atoms with Crippen molar-refractivity contribution >= 4 is 16.9 Å². The number of allylic oxidation sites excluding steroid dienone is 2. The van der Waals surface area contributed by atoms with E-state index >= 15 is 0 Å². The Balaban J connectivity index is 1.99. The number of ether oxygens (including phenoxy) is 1. The van der Waals surface area contributed by atoms with Gasteiger partial charge in [-0.25, -0.2) is 0 Å². The summed E-state index contributed by atoms with van der Waals surface area (Å²) in [5.41, 5.74) is 2.16. The van der Waals surface area contributed by atoms with Crippen molar-refractivity contribution < 1.29 is 20.1 Å². The maximum Gasteiger partial charge on any atom is 0.122 e. The number of rotatable bonds is 12. The lowest BCUT2D eigenvalue weighted by molar-refractivity contribution is 0.0246. The zero-order valence-electron chi connectivity index (χ0n) is 17.8. The minimum atomic E-state index is -0.553. The first-order chi connectivity index (χ1) is 14.0. The van der Waals surface area contributed by atoms with Crippen molar-refractivity contribution in [1.29, 1.82) is 0 Å². The van der Waals surface area contributed by atoms with Crippen LogP contribution in [0.2, 0.25) is 0 Å². The van der Waals surface area contributed by atoms with Crippen LogP contribution in [0.3, 0.4) is 0 Å². The molecular formula is C24H34O4S. The molecule has 2 rings (SSSR count). The van der Waals surface area contributed by atoms with E-state index in [4.69, 9.17) is 4.74 Å². The van der Waals surface area contributed by atoms with Crippen molar-refractivity contribution in [3.8, 4) is 5.75 Å². The average Bonchev–Trinajstić information content (AvgIpc) is 3.23. The highest BCUT2D eigenvalue weighted by Crippen LogP contribution is 2.30. The van der Waals surface area contributed by atoms with E-state index in [1.165, 1.54) is 10.5 Å². The molecule has 0 aliphatic rings. The lowest BCUT2D eigenvalue weighted by Crippen LogP contribution is -2.25. The third-order valence-electron chi connectivity index (χ3n) is 5.58. The number of aliphatic hydroxyl groups excluding tert-OH is 2. The zero-order chi connectivity index (χ0) is 21.3. The Hall–Kier alpha value is -1.66. The molecule has 1 aromatic carbocycles.